The zero-order valence-electron chi connectivity index (χ0n) is 9.80. The second-order valence-electron chi connectivity index (χ2n) is 3.76. The van der Waals surface area contributed by atoms with Gasteiger partial charge in [0, 0.05) is 24.1 Å². The maximum atomic E-state index is 11.9. The zero-order chi connectivity index (χ0) is 12.1. The number of amides is 1. The highest BCUT2D eigenvalue weighted by Gasteiger charge is 2.12. The Hall–Kier alpha value is -1.00. The number of aliphatic hydroxyl groups is 1. The van der Waals surface area contributed by atoms with Crippen molar-refractivity contribution >= 4 is 17.7 Å². The van der Waals surface area contributed by atoms with Crippen molar-refractivity contribution in [3.05, 3.63) is 29.8 Å². The van der Waals surface area contributed by atoms with Crippen molar-refractivity contribution in [2.75, 3.05) is 19.8 Å². The Kier molecular flexibility index (Phi) is 4.83. The van der Waals surface area contributed by atoms with Gasteiger partial charge in [0.2, 0.25) is 0 Å². The molecular formula is C12H17NO2S. The second-order valence-corrected chi connectivity index (χ2v) is 4.64. The maximum Gasteiger partial charge on any atom is 0.253 e. The third kappa shape index (κ3) is 3.54. The Morgan fingerprint density at radius 3 is 2.44 bits per heavy atom. The highest BCUT2D eigenvalue weighted by molar-refractivity contribution is 7.98. The molecule has 0 aliphatic carbocycles. The van der Waals surface area contributed by atoms with Crippen LogP contribution in [-0.2, 0) is 0 Å². The Morgan fingerprint density at radius 1 is 1.44 bits per heavy atom. The SMILES string of the molecule is CSc1ccc(C(=O)N(C)CC(C)O)cc1. The zero-order valence-corrected chi connectivity index (χ0v) is 10.6. The lowest BCUT2D eigenvalue weighted by molar-refractivity contribution is 0.0703. The number of hydrogen-bond acceptors (Lipinski definition) is 3. The lowest BCUT2D eigenvalue weighted by atomic mass is 10.2. The molecule has 4 heteroatoms. The number of aliphatic hydroxyl groups excluding tert-OH is 1. The standard InChI is InChI=1S/C12H17NO2S/c1-9(14)8-13(2)12(15)10-4-6-11(16-3)7-5-10/h4-7,9,14H,8H2,1-3H3. The van der Waals surface area contributed by atoms with E-state index in [1.807, 2.05) is 30.5 Å². The second kappa shape index (κ2) is 5.92. The Labute approximate surface area is 100 Å². The fourth-order valence-corrected chi connectivity index (χ4v) is 1.84. The van der Waals surface area contributed by atoms with Crippen molar-refractivity contribution < 1.29 is 9.90 Å². The summed E-state index contributed by atoms with van der Waals surface area (Å²) in [5.74, 6) is -0.0615. The van der Waals surface area contributed by atoms with Crippen LogP contribution in [0.2, 0.25) is 0 Å². The van der Waals surface area contributed by atoms with Gasteiger partial charge in [-0.15, -0.1) is 11.8 Å². The number of benzene rings is 1. The summed E-state index contributed by atoms with van der Waals surface area (Å²) in [5, 5.41) is 9.20. The highest BCUT2D eigenvalue weighted by atomic mass is 32.2. The largest absolute Gasteiger partial charge is 0.392 e. The minimum Gasteiger partial charge on any atom is -0.392 e. The molecule has 0 aliphatic heterocycles. The quantitative estimate of drug-likeness (QED) is 0.815. The van der Waals surface area contributed by atoms with Crippen LogP contribution in [0.3, 0.4) is 0 Å². The van der Waals surface area contributed by atoms with E-state index in [1.54, 1.807) is 25.7 Å². The minimum absolute atomic E-state index is 0.0615. The van der Waals surface area contributed by atoms with Crippen LogP contribution in [0, 0.1) is 0 Å². The summed E-state index contributed by atoms with van der Waals surface area (Å²) in [6.07, 6.45) is 1.50. The molecule has 0 bridgehead atoms. The molecule has 16 heavy (non-hydrogen) atoms. The van der Waals surface area contributed by atoms with Crippen LogP contribution >= 0.6 is 11.8 Å². The molecule has 1 rings (SSSR count). The Morgan fingerprint density at radius 2 is 2.00 bits per heavy atom. The average Bonchev–Trinajstić information content (AvgIpc) is 2.27. The van der Waals surface area contributed by atoms with Gasteiger partial charge in [-0.2, -0.15) is 0 Å². The molecule has 0 saturated heterocycles. The van der Waals surface area contributed by atoms with Gasteiger partial charge in [-0.05, 0) is 37.4 Å². The molecule has 0 heterocycles. The van der Waals surface area contributed by atoms with E-state index in [0.29, 0.717) is 12.1 Å². The van der Waals surface area contributed by atoms with Crippen LogP contribution in [0.25, 0.3) is 0 Å². The number of thioether (sulfide) groups is 1. The van der Waals surface area contributed by atoms with Crippen molar-refractivity contribution in [3.63, 3.8) is 0 Å². The van der Waals surface area contributed by atoms with E-state index < -0.39 is 6.10 Å². The van der Waals surface area contributed by atoms with E-state index in [0.717, 1.165) is 4.90 Å². The maximum absolute atomic E-state index is 11.9. The van der Waals surface area contributed by atoms with Gasteiger partial charge in [-0.25, -0.2) is 0 Å². The van der Waals surface area contributed by atoms with E-state index in [9.17, 15) is 9.90 Å². The van der Waals surface area contributed by atoms with Crippen molar-refractivity contribution in [2.45, 2.75) is 17.9 Å². The first-order valence-corrected chi connectivity index (χ1v) is 6.34. The normalized spacial score (nSPS) is 12.2. The number of nitrogens with zero attached hydrogens (tertiary/aromatic N) is 1. The summed E-state index contributed by atoms with van der Waals surface area (Å²) in [6.45, 7) is 2.02. The number of carbonyl (C=O) groups is 1. The number of carbonyl (C=O) groups excluding carboxylic acids is 1. The molecule has 1 atom stereocenters. The van der Waals surface area contributed by atoms with Gasteiger partial charge in [0.05, 0.1) is 6.10 Å². The summed E-state index contributed by atoms with van der Waals surface area (Å²) < 4.78 is 0. The first-order chi connectivity index (χ1) is 7.54. The van der Waals surface area contributed by atoms with E-state index in [2.05, 4.69) is 0 Å². The summed E-state index contributed by atoms with van der Waals surface area (Å²) in [7, 11) is 1.69. The van der Waals surface area contributed by atoms with Gasteiger partial charge in [0.25, 0.3) is 5.91 Å². The molecule has 1 unspecified atom stereocenters. The van der Waals surface area contributed by atoms with E-state index >= 15 is 0 Å². The van der Waals surface area contributed by atoms with Crippen LogP contribution < -0.4 is 0 Å². The molecule has 0 fully saturated rings. The highest BCUT2D eigenvalue weighted by Crippen LogP contribution is 2.15. The number of hydrogen-bond donors (Lipinski definition) is 1. The fourth-order valence-electron chi connectivity index (χ4n) is 1.43. The van der Waals surface area contributed by atoms with Gasteiger partial charge in [-0.3, -0.25) is 4.79 Å². The predicted octanol–water partition coefficient (Wildman–Crippen LogP) is 1.86. The van der Waals surface area contributed by atoms with Gasteiger partial charge in [-0.1, -0.05) is 0 Å². The van der Waals surface area contributed by atoms with Crippen molar-refractivity contribution in [1.29, 1.82) is 0 Å². The molecule has 3 nitrogen and oxygen atoms in total. The third-order valence-corrected chi connectivity index (χ3v) is 2.97. The molecule has 88 valence electrons. The van der Waals surface area contributed by atoms with Gasteiger partial charge < -0.3 is 10.0 Å². The van der Waals surface area contributed by atoms with Crippen molar-refractivity contribution in [2.24, 2.45) is 0 Å². The monoisotopic (exact) mass is 239 g/mol. The van der Waals surface area contributed by atoms with Crippen molar-refractivity contribution in [3.8, 4) is 0 Å². The molecular weight excluding hydrogens is 222 g/mol. The summed E-state index contributed by atoms with van der Waals surface area (Å²) in [6, 6.07) is 7.47. The predicted molar refractivity (Wildman–Crippen MR) is 66.9 cm³/mol. The van der Waals surface area contributed by atoms with E-state index in [1.165, 1.54) is 4.90 Å². The van der Waals surface area contributed by atoms with Crippen LogP contribution in [0.1, 0.15) is 17.3 Å². The van der Waals surface area contributed by atoms with E-state index in [4.69, 9.17) is 0 Å². The molecule has 1 aromatic rings. The molecule has 0 spiro atoms. The molecule has 1 N–H and O–H groups in total. The van der Waals surface area contributed by atoms with Crippen molar-refractivity contribution in [1.82, 2.24) is 4.90 Å². The molecule has 1 amide bonds. The van der Waals surface area contributed by atoms with Crippen LogP contribution in [0.5, 0.6) is 0 Å². The molecule has 0 radical (unpaired) electrons. The molecule has 0 aromatic heterocycles. The fraction of sp³-hybridized carbons (Fsp3) is 0.417. The topological polar surface area (TPSA) is 40.5 Å². The molecule has 1 aromatic carbocycles. The molecule has 0 saturated carbocycles. The summed E-state index contributed by atoms with van der Waals surface area (Å²) in [4.78, 5) is 14.5. The Bertz CT molecular complexity index is 349. The number of likely N-dealkylation sites (N-methyl/N-ethyl adjacent to an activating group) is 1. The molecule has 0 aliphatic rings. The first-order valence-electron chi connectivity index (χ1n) is 5.12. The minimum atomic E-state index is -0.501. The smallest absolute Gasteiger partial charge is 0.253 e. The van der Waals surface area contributed by atoms with Crippen LogP contribution in [-0.4, -0.2) is 41.9 Å². The van der Waals surface area contributed by atoms with Gasteiger partial charge in [0.1, 0.15) is 0 Å². The lowest BCUT2D eigenvalue weighted by Crippen LogP contribution is -2.32. The number of rotatable bonds is 4. The summed E-state index contributed by atoms with van der Waals surface area (Å²) in [5.41, 5.74) is 0.654. The van der Waals surface area contributed by atoms with Crippen LogP contribution in [0.15, 0.2) is 29.2 Å². The summed E-state index contributed by atoms with van der Waals surface area (Å²) >= 11 is 1.64. The van der Waals surface area contributed by atoms with E-state index in [-0.39, 0.29) is 5.91 Å². The van der Waals surface area contributed by atoms with Gasteiger partial charge in [0.15, 0.2) is 0 Å². The van der Waals surface area contributed by atoms with Gasteiger partial charge >= 0.3 is 0 Å². The van der Waals surface area contributed by atoms with Crippen LogP contribution in [0.4, 0.5) is 0 Å². The average molecular weight is 239 g/mol. The Balaban J connectivity index is 2.72. The first kappa shape index (κ1) is 13.1. The third-order valence-electron chi connectivity index (χ3n) is 2.22. The lowest BCUT2D eigenvalue weighted by Gasteiger charge is -2.18.